The van der Waals surface area contributed by atoms with E-state index in [0.29, 0.717) is 23.5 Å². The Balaban J connectivity index is 2.77. The molecule has 0 saturated carbocycles. The van der Waals surface area contributed by atoms with E-state index >= 15 is 0 Å². The molecule has 0 atom stereocenters. The van der Waals surface area contributed by atoms with E-state index in [0.717, 1.165) is 11.5 Å². The summed E-state index contributed by atoms with van der Waals surface area (Å²) in [6, 6.07) is 0. The van der Waals surface area contributed by atoms with Crippen LogP contribution in [0.15, 0.2) is 12.7 Å². The maximum atomic E-state index is 11.4. The Hall–Kier alpha value is -1.69. The van der Waals surface area contributed by atoms with Crippen LogP contribution in [0.4, 0.5) is 5.00 Å². The lowest BCUT2D eigenvalue weighted by atomic mass is 10.2. The highest BCUT2D eigenvalue weighted by molar-refractivity contribution is 7.11. The minimum Gasteiger partial charge on any atom is -0.478 e. The lowest BCUT2D eigenvalue weighted by molar-refractivity contribution is -0.116. The highest BCUT2D eigenvalue weighted by Crippen LogP contribution is 2.24. The molecule has 5 nitrogen and oxygen atoms in total. The summed E-state index contributed by atoms with van der Waals surface area (Å²) in [6.07, 6.45) is 2.49. The zero-order valence-corrected chi connectivity index (χ0v) is 9.63. The summed E-state index contributed by atoms with van der Waals surface area (Å²) in [4.78, 5) is 22.3. The molecule has 0 spiro atoms. The van der Waals surface area contributed by atoms with Gasteiger partial charge in [-0.05, 0) is 24.9 Å². The van der Waals surface area contributed by atoms with Gasteiger partial charge in [0, 0.05) is 6.42 Å². The number of carbonyl (C=O) groups is 2. The maximum Gasteiger partial charge on any atom is 0.340 e. The molecule has 0 aromatic carbocycles. The Morgan fingerprint density at radius 3 is 2.88 bits per heavy atom. The maximum absolute atomic E-state index is 11.4. The summed E-state index contributed by atoms with van der Waals surface area (Å²) in [5.74, 6) is -1.31. The molecule has 0 fully saturated rings. The third-order valence-corrected chi connectivity index (χ3v) is 2.76. The predicted molar refractivity (Wildman–Crippen MR) is 61.9 cm³/mol. The highest BCUT2D eigenvalue weighted by Gasteiger charge is 2.18. The van der Waals surface area contributed by atoms with Crippen LogP contribution >= 0.6 is 11.5 Å². The molecule has 0 bridgehead atoms. The van der Waals surface area contributed by atoms with Crippen molar-refractivity contribution in [2.45, 2.75) is 19.8 Å². The number of carboxylic acid groups (broad SMARTS) is 1. The fourth-order valence-corrected chi connectivity index (χ4v) is 1.93. The van der Waals surface area contributed by atoms with Crippen molar-refractivity contribution in [3.05, 3.63) is 23.9 Å². The molecule has 0 aliphatic heterocycles. The van der Waals surface area contributed by atoms with Crippen molar-refractivity contribution in [3.8, 4) is 0 Å². The van der Waals surface area contributed by atoms with Gasteiger partial charge in [0.1, 0.15) is 10.6 Å². The molecule has 0 aliphatic carbocycles. The topological polar surface area (TPSA) is 79.3 Å². The van der Waals surface area contributed by atoms with Crippen molar-refractivity contribution < 1.29 is 14.7 Å². The lowest BCUT2D eigenvalue weighted by Crippen LogP contribution is -2.12. The normalized spacial score (nSPS) is 9.81. The first-order valence-electron chi connectivity index (χ1n) is 4.66. The highest BCUT2D eigenvalue weighted by atomic mass is 32.1. The summed E-state index contributed by atoms with van der Waals surface area (Å²) in [6.45, 7) is 5.10. The van der Waals surface area contributed by atoms with Crippen molar-refractivity contribution in [2.24, 2.45) is 0 Å². The molecule has 1 aromatic rings. The van der Waals surface area contributed by atoms with Crippen molar-refractivity contribution in [1.82, 2.24) is 4.37 Å². The molecule has 1 aromatic heterocycles. The van der Waals surface area contributed by atoms with Gasteiger partial charge in [0.15, 0.2) is 0 Å². The van der Waals surface area contributed by atoms with Crippen LogP contribution in [-0.4, -0.2) is 21.4 Å². The van der Waals surface area contributed by atoms with Gasteiger partial charge in [-0.2, -0.15) is 4.37 Å². The molecule has 1 rings (SSSR count). The van der Waals surface area contributed by atoms with Gasteiger partial charge in [-0.15, -0.1) is 6.58 Å². The molecule has 2 N–H and O–H groups in total. The standard InChI is InChI=1S/C10H12N2O3S/c1-3-4-5-7(13)11-9-8(10(14)15)6(2)12-16-9/h3H,1,4-5H2,2H3,(H,11,13)(H,14,15). The number of aryl methyl sites for hydroxylation is 1. The zero-order valence-electron chi connectivity index (χ0n) is 8.82. The van der Waals surface area contributed by atoms with E-state index in [-0.39, 0.29) is 11.5 Å². The van der Waals surface area contributed by atoms with Crippen LogP contribution in [-0.2, 0) is 4.79 Å². The van der Waals surface area contributed by atoms with Gasteiger partial charge < -0.3 is 10.4 Å². The number of hydrogen-bond donors (Lipinski definition) is 2. The Bertz CT molecular complexity index is 426. The second-order valence-electron chi connectivity index (χ2n) is 3.15. The molecule has 0 aliphatic rings. The Morgan fingerprint density at radius 2 is 2.31 bits per heavy atom. The molecule has 16 heavy (non-hydrogen) atoms. The molecule has 0 radical (unpaired) electrons. The molecule has 1 heterocycles. The number of allylic oxidation sites excluding steroid dienone is 1. The van der Waals surface area contributed by atoms with Crippen LogP contribution < -0.4 is 5.32 Å². The summed E-state index contributed by atoms with van der Waals surface area (Å²) in [5, 5.41) is 11.8. The van der Waals surface area contributed by atoms with Gasteiger partial charge in [0.25, 0.3) is 0 Å². The molecule has 0 saturated heterocycles. The van der Waals surface area contributed by atoms with Gasteiger partial charge in [-0.3, -0.25) is 4.79 Å². The first kappa shape index (κ1) is 12.4. The molecular weight excluding hydrogens is 228 g/mol. The molecule has 1 amide bonds. The second kappa shape index (κ2) is 5.41. The number of carboxylic acids is 1. The Kier molecular flexibility index (Phi) is 4.19. The van der Waals surface area contributed by atoms with Crippen molar-refractivity contribution >= 4 is 28.4 Å². The largest absolute Gasteiger partial charge is 0.478 e. The SMILES string of the molecule is C=CCCC(=O)Nc1snc(C)c1C(=O)O. The Labute approximate surface area is 97.0 Å². The zero-order chi connectivity index (χ0) is 12.1. The van der Waals surface area contributed by atoms with Gasteiger partial charge in [-0.25, -0.2) is 4.79 Å². The van der Waals surface area contributed by atoms with Crippen LogP contribution in [0.25, 0.3) is 0 Å². The third kappa shape index (κ3) is 2.90. The van der Waals surface area contributed by atoms with Crippen molar-refractivity contribution in [2.75, 3.05) is 5.32 Å². The summed E-state index contributed by atoms with van der Waals surface area (Å²) in [7, 11) is 0. The molecule has 6 heteroatoms. The molecule has 86 valence electrons. The average Bonchev–Trinajstić information content (AvgIpc) is 2.56. The van der Waals surface area contributed by atoms with Gasteiger partial charge >= 0.3 is 5.97 Å². The quantitative estimate of drug-likeness (QED) is 0.772. The van der Waals surface area contributed by atoms with Crippen LogP contribution in [0.2, 0.25) is 0 Å². The van der Waals surface area contributed by atoms with Crippen LogP contribution in [0.5, 0.6) is 0 Å². The number of nitrogens with zero attached hydrogens (tertiary/aromatic N) is 1. The molecular formula is C10H12N2O3S. The number of carbonyl (C=O) groups excluding carboxylic acids is 1. The lowest BCUT2D eigenvalue weighted by Gasteiger charge is -2.01. The number of rotatable bonds is 5. The number of hydrogen-bond acceptors (Lipinski definition) is 4. The minimum absolute atomic E-state index is 0.0666. The van der Waals surface area contributed by atoms with E-state index in [4.69, 9.17) is 5.11 Å². The van der Waals surface area contributed by atoms with E-state index in [1.165, 1.54) is 0 Å². The fraction of sp³-hybridized carbons (Fsp3) is 0.300. The van der Waals surface area contributed by atoms with Gasteiger partial charge in [0.2, 0.25) is 5.91 Å². The van der Waals surface area contributed by atoms with Crippen LogP contribution in [0.3, 0.4) is 0 Å². The molecule has 0 unspecified atom stereocenters. The van der Waals surface area contributed by atoms with E-state index in [2.05, 4.69) is 16.3 Å². The second-order valence-corrected chi connectivity index (χ2v) is 3.93. The van der Waals surface area contributed by atoms with E-state index < -0.39 is 5.97 Å². The van der Waals surface area contributed by atoms with Crippen molar-refractivity contribution in [1.29, 1.82) is 0 Å². The fourth-order valence-electron chi connectivity index (χ4n) is 1.13. The monoisotopic (exact) mass is 240 g/mol. The third-order valence-electron chi connectivity index (χ3n) is 1.91. The number of aromatic nitrogens is 1. The van der Waals surface area contributed by atoms with E-state index in [9.17, 15) is 9.59 Å². The summed E-state index contributed by atoms with van der Waals surface area (Å²) in [5.41, 5.74) is 0.480. The number of amides is 1. The van der Waals surface area contributed by atoms with Crippen molar-refractivity contribution in [3.63, 3.8) is 0 Å². The summed E-state index contributed by atoms with van der Waals surface area (Å²) >= 11 is 0.978. The number of nitrogens with one attached hydrogen (secondary N) is 1. The summed E-state index contributed by atoms with van der Waals surface area (Å²) < 4.78 is 3.90. The Morgan fingerprint density at radius 1 is 1.62 bits per heavy atom. The first-order chi connectivity index (χ1) is 7.56. The van der Waals surface area contributed by atoms with Crippen LogP contribution in [0, 0.1) is 6.92 Å². The van der Waals surface area contributed by atoms with E-state index in [1.54, 1.807) is 13.0 Å². The number of aromatic carboxylic acids is 1. The first-order valence-corrected chi connectivity index (χ1v) is 5.44. The average molecular weight is 240 g/mol. The van der Waals surface area contributed by atoms with Gasteiger partial charge in [0.05, 0.1) is 5.69 Å². The van der Waals surface area contributed by atoms with E-state index in [1.807, 2.05) is 0 Å². The predicted octanol–water partition coefficient (Wildman–Crippen LogP) is 2.05. The van der Waals surface area contributed by atoms with Gasteiger partial charge in [-0.1, -0.05) is 6.08 Å². The van der Waals surface area contributed by atoms with Crippen LogP contribution in [0.1, 0.15) is 28.9 Å². The minimum atomic E-state index is -1.08. The smallest absolute Gasteiger partial charge is 0.340 e. The number of anilines is 1.